The van der Waals surface area contributed by atoms with Crippen molar-refractivity contribution in [1.82, 2.24) is 15.1 Å². The largest absolute Gasteiger partial charge is 0.469 e. The molecule has 1 N–H and O–H groups in total. The molecule has 2 aliphatic heterocycles. The second-order valence-corrected chi connectivity index (χ2v) is 7.13. The van der Waals surface area contributed by atoms with Crippen molar-refractivity contribution in [2.24, 2.45) is 11.8 Å². The van der Waals surface area contributed by atoms with Gasteiger partial charge in [0.25, 0.3) is 0 Å². The molecule has 0 bridgehead atoms. The van der Waals surface area contributed by atoms with Gasteiger partial charge in [0.05, 0.1) is 18.9 Å². The highest BCUT2D eigenvalue weighted by molar-refractivity contribution is 5.81. The molecule has 3 aliphatic rings. The van der Waals surface area contributed by atoms with Gasteiger partial charge in [-0.05, 0) is 38.5 Å². The number of hydrogen-bond acceptors (Lipinski definition) is 4. The van der Waals surface area contributed by atoms with Gasteiger partial charge in [0.15, 0.2) is 0 Å². The summed E-state index contributed by atoms with van der Waals surface area (Å²) in [6.45, 7) is 2.44. The fourth-order valence-corrected chi connectivity index (χ4v) is 3.62. The maximum Gasteiger partial charge on any atom is 0.317 e. The summed E-state index contributed by atoms with van der Waals surface area (Å²) in [6.07, 6.45) is 5.16. The SMILES string of the molecule is COC(=O)C1CCN(C(=O)C2CCCN(C(=O)NC3CC3)C2)CC1. The highest BCUT2D eigenvalue weighted by Crippen LogP contribution is 2.25. The standard InChI is InChI=1S/C17H27N3O4/c1-24-16(22)12-6-9-19(10-7-12)15(21)13-3-2-8-20(11-13)17(23)18-14-4-5-14/h12-14H,2-11H2,1H3,(H,18,23). The zero-order valence-corrected chi connectivity index (χ0v) is 14.3. The molecule has 1 saturated carbocycles. The number of likely N-dealkylation sites (tertiary alicyclic amines) is 2. The molecule has 1 aliphatic carbocycles. The summed E-state index contributed by atoms with van der Waals surface area (Å²) in [5.41, 5.74) is 0. The average molecular weight is 337 g/mol. The molecule has 3 amide bonds. The maximum atomic E-state index is 12.8. The molecule has 3 rings (SSSR count). The molecular weight excluding hydrogens is 310 g/mol. The third kappa shape index (κ3) is 3.99. The summed E-state index contributed by atoms with van der Waals surface area (Å²) in [5, 5.41) is 3.00. The van der Waals surface area contributed by atoms with Crippen LogP contribution in [0.15, 0.2) is 0 Å². The zero-order chi connectivity index (χ0) is 17.1. The van der Waals surface area contributed by atoms with E-state index < -0.39 is 0 Å². The van der Waals surface area contributed by atoms with Crippen molar-refractivity contribution < 1.29 is 19.1 Å². The van der Waals surface area contributed by atoms with Crippen molar-refractivity contribution in [3.05, 3.63) is 0 Å². The monoisotopic (exact) mass is 337 g/mol. The van der Waals surface area contributed by atoms with Crippen LogP contribution in [-0.2, 0) is 14.3 Å². The molecule has 0 aromatic heterocycles. The minimum atomic E-state index is -0.178. The normalized spacial score (nSPS) is 25.3. The third-order valence-electron chi connectivity index (χ3n) is 5.30. The highest BCUT2D eigenvalue weighted by atomic mass is 16.5. The quantitative estimate of drug-likeness (QED) is 0.779. The van der Waals surface area contributed by atoms with Gasteiger partial charge in [0.1, 0.15) is 0 Å². The Balaban J connectivity index is 1.49. The van der Waals surface area contributed by atoms with E-state index in [1.807, 2.05) is 4.90 Å². The number of piperidine rings is 2. The molecule has 1 atom stereocenters. The van der Waals surface area contributed by atoms with Crippen LogP contribution in [0, 0.1) is 11.8 Å². The van der Waals surface area contributed by atoms with Crippen LogP contribution in [0.1, 0.15) is 38.5 Å². The fraction of sp³-hybridized carbons (Fsp3) is 0.824. The summed E-state index contributed by atoms with van der Waals surface area (Å²) in [4.78, 5) is 40.2. The lowest BCUT2D eigenvalue weighted by Crippen LogP contribution is -2.51. The number of rotatable bonds is 3. The van der Waals surface area contributed by atoms with Gasteiger partial charge in [-0.3, -0.25) is 9.59 Å². The molecule has 1 unspecified atom stereocenters. The number of carbonyl (C=O) groups is 3. The van der Waals surface area contributed by atoms with Crippen LogP contribution in [0.25, 0.3) is 0 Å². The Kier molecular flexibility index (Phi) is 5.26. The Hall–Kier alpha value is -1.79. The van der Waals surface area contributed by atoms with Gasteiger partial charge in [-0.15, -0.1) is 0 Å². The van der Waals surface area contributed by atoms with E-state index in [0.717, 1.165) is 32.2 Å². The molecule has 0 radical (unpaired) electrons. The molecule has 2 saturated heterocycles. The zero-order valence-electron chi connectivity index (χ0n) is 14.3. The number of nitrogens with zero attached hydrogens (tertiary/aromatic N) is 2. The summed E-state index contributed by atoms with van der Waals surface area (Å²) >= 11 is 0. The van der Waals surface area contributed by atoms with Gasteiger partial charge < -0.3 is 19.9 Å². The van der Waals surface area contributed by atoms with Crippen molar-refractivity contribution >= 4 is 17.9 Å². The van der Waals surface area contributed by atoms with E-state index in [0.29, 0.717) is 38.5 Å². The molecule has 7 nitrogen and oxygen atoms in total. The Morgan fingerprint density at radius 2 is 1.62 bits per heavy atom. The molecule has 7 heteroatoms. The molecule has 24 heavy (non-hydrogen) atoms. The Morgan fingerprint density at radius 1 is 0.917 bits per heavy atom. The lowest BCUT2D eigenvalue weighted by molar-refractivity contribution is -0.150. The van der Waals surface area contributed by atoms with Crippen LogP contribution in [0.3, 0.4) is 0 Å². The van der Waals surface area contributed by atoms with E-state index in [1.165, 1.54) is 7.11 Å². The summed E-state index contributed by atoms with van der Waals surface area (Å²) in [5.74, 6) is -0.255. The van der Waals surface area contributed by atoms with E-state index in [4.69, 9.17) is 4.74 Å². The Bertz CT molecular complexity index is 498. The van der Waals surface area contributed by atoms with Crippen molar-refractivity contribution in [2.45, 2.75) is 44.6 Å². The first-order chi connectivity index (χ1) is 11.6. The summed E-state index contributed by atoms with van der Waals surface area (Å²) < 4.78 is 4.79. The van der Waals surface area contributed by atoms with Crippen molar-refractivity contribution in [3.63, 3.8) is 0 Å². The minimum absolute atomic E-state index is 0.0283. The lowest BCUT2D eigenvalue weighted by atomic mass is 9.93. The smallest absolute Gasteiger partial charge is 0.317 e. The van der Waals surface area contributed by atoms with E-state index in [2.05, 4.69) is 5.32 Å². The van der Waals surface area contributed by atoms with Crippen molar-refractivity contribution in [1.29, 1.82) is 0 Å². The van der Waals surface area contributed by atoms with Gasteiger partial charge in [-0.25, -0.2) is 4.79 Å². The molecule has 0 aromatic carbocycles. The topological polar surface area (TPSA) is 79.0 Å². The molecule has 134 valence electrons. The molecule has 3 fully saturated rings. The first kappa shape index (κ1) is 17.0. The van der Waals surface area contributed by atoms with Gasteiger partial charge in [0, 0.05) is 32.2 Å². The third-order valence-corrected chi connectivity index (χ3v) is 5.30. The number of nitrogens with one attached hydrogen (secondary N) is 1. The van der Waals surface area contributed by atoms with Crippen LogP contribution < -0.4 is 5.32 Å². The number of ether oxygens (including phenoxy) is 1. The predicted octanol–water partition coefficient (Wildman–Crippen LogP) is 0.982. The van der Waals surface area contributed by atoms with Crippen LogP contribution in [0.4, 0.5) is 4.79 Å². The summed E-state index contributed by atoms with van der Waals surface area (Å²) in [6, 6.07) is 0.310. The van der Waals surface area contributed by atoms with Gasteiger partial charge >= 0.3 is 12.0 Å². The van der Waals surface area contributed by atoms with Crippen LogP contribution in [-0.4, -0.2) is 67.0 Å². The van der Waals surface area contributed by atoms with E-state index >= 15 is 0 Å². The van der Waals surface area contributed by atoms with Crippen LogP contribution >= 0.6 is 0 Å². The number of urea groups is 1. The fourth-order valence-electron chi connectivity index (χ4n) is 3.62. The van der Waals surface area contributed by atoms with Crippen molar-refractivity contribution in [2.75, 3.05) is 33.3 Å². The first-order valence-electron chi connectivity index (χ1n) is 9.00. The second kappa shape index (κ2) is 7.40. The Morgan fingerprint density at radius 3 is 2.25 bits per heavy atom. The second-order valence-electron chi connectivity index (χ2n) is 7.13. The molecule has 0 aromatic rings. The molecule has 0 spiro atoms. The van der Waals surface area contributed by atoms with Crippen LogP contribution in [0.5, 0.6) is 0 Å². The van der Waals surface area contributed by atoms with Gasteiger partial charge in [-0.2, -0.15) is 0 Å². The van der Waals surface area contributed by atoms with E-state index in [-0.39, 0.29) is 29.7 Å². The first-order valence-corrected chi connectivity index (χ1v) is 9.00. The minimum Gasteiger partial charge on any atom is -0.469 e. The Labute approximate surface area is 142 Å². The number of amides is 3. The average Bonchev–Trinajstić information content (AvgIpc) is 3.44. The maximum absolute atomic E-state index is 12.8. The van der Waals surface area contributed by atoms with Crippen LogP contribution in [0.2, 0.25) is 0 Å². The van der Waals surface area contributed by atoms with Crippen molar-refractivity contribution in [3.8, 4) is 0 Å². The molecule has 2 heterocycles. The number of esters is 1. The number of hydrogen-bond donors (Lipinski definition) is 1. The number of methoxy groups -OCH3 is 1. The highest BCUT2D eigenvalue weighted by Gasteiger charge is 2.35. The number of carbonyl (C=O) groups excluding carboxylic acids is 3. The van der Waals surface area contributed by atoms with E-state index in [1.54, 1.807) is 4.90 Å². The van der Waals surface area contributed by atoms with E-state index in [9.17, 15) is 14.4 Å². The van der Waals surface area contributed by atoms with Gasteiger partial charge in [-0.1, -0.05) is 0 Å². The summed E-state index contributed by atoms with van der Waals surface area (Å²) in [7, 11) is 1.41. The predicted molar refractivity (Wildman–Crippen MR) is 87.2 cm³/mol. The molecular formula is C17H27N3O4. The lowest BCUT2D eigenvalue weighted by Gasteiger charge is -2.37. The van der Waals surface area contributed by atoms with Gasteiger partial charge in [0.2, 0.25) is 5.91 Å².